The highest BCUT2D eigenvalue weighted by molar-refractivity contribution is 5.50. The summed E-state index contributed by atoms with van der Waals surface area (Å²) >= 11 is 0. The zero-order chi connectivity index (χ0) is 15.1. The van der Waals surface area contributed by atoms with Gasteiger partial charge in [0.1, 0.15) is 5.82 Å². The molecule has 0 spiro atoms. The number of hydrogen-bond donors (Lipinski definition) is 1. The van der Waals surface area contributed by atoms with Crippen molar-refractivity contribution in [2.45, 2.75) is 66.5 Å². The molecule has 0 radical (unpaired) electrons. The molecular weight excluding hydrogens is 248 g/mol. The maximum Gasteiger partial charge on any atom is 0.131 e. The molecule has 0 saturated carbocycles. The van der Waals surface area contributed by atoms with Gasteiger partial charge in [-0.25, -0.2) is 9.97 Å². The van der Waals surface area contributed by atoms with Crippen LogP contribution in [0.4, 0.5) is 5.69 Å². The summed E-state index contributed by atoms with van der Waals surface area (Å²) in [5.74, 6) is 1.30. The van der Waals surface area contributed by atoms with Gasteiger partial charge in [0.05, 0.1) is 17.6 Å². The lowest BCUT2D eigenvalue weighted by atomic mass is 10.1. The summed E-state index contributed by atoms with van der Waals surface area (Å²) in [7, 11) is 0. The van der Waals surface area contributed by atoms with Crippen molar-refractivity contribution in [3.63, 3.8) is 0 Å². The Hall–Kier alpha value is -1.16. The number of nitrogens with one attached hydrogen (secondary N) is 1. The van der Waals surface area contributed by atoms with E-state index in [4.69, 9.17) is 4.98 Å². The molecule has 4 nitrogen and oxygen atoms in total. The first-order valence-electron chi connectivity index (χ1n) is 7.84. The topological polar surface area (TPSA) is 41.1 Å². The van der Waals surface area contributed by atoms with Gasteiger partial charge in [-0.15, -0.1) is 0 Å². The zero-order valence-electron chi connectivity index (χ0n) is 13.9. The van der Waals surface area contributed by atoms with Crippen molar-refractivity contribution in [1.29, 1.82) is 0 Å². The lowest BCUT2D eigenvalue weighted by molar-refractivity contribution is 0.640. The van der Waals surface area contributed by atoms with E-state index in [0.29, 0.717) is 12.0 Å². The monoisotopic (exact) mass is 278 g/mol. The van der Waals surface area contributed by atoms with Gasteiger partial charge in [-0.05, 0) is 26.8 Å². The minimum absolute atomic E-state index is 0.364. The molecule has 1 N–H and O–H groups in total. The first-order valence-corrected chi connectivity index (χ1v) is 7.84. The SMILES string of the molecule is CCCN(c1cnc(C(C)C)nc1CNCC)C(C)C. The van der Waals surface area contributed by atoms with Crippen molar-refractivity contribution in [1.82, 2.24) is 15.3 Å². The molecule has 4 heteroatoms. The summed E-state index contributed by atoms with van der Waals surface area (Å²) in [4.78, 5) is 11.7. The Kier molecular flexibility index (Phi) is 6.93. The Labute approximate surface area is 124 Å². The molecule has 0 bridgehead atoms. The van der Waals surface area contributed by atoms with E-state index in [-0.39, 0.29) is 0 Å². The highest BCUT2D eigenvalue weighted by Gasteiger charge is 2.17. The van der Waals surface area contributed by atoms with Crippen molar-refractivity contribution in [2.75, 3.05) is 18.0 Å². The van der Waals surface area contributed by atoms with Crippen molar-refractivity contribution < 1.29 is 0 Å². The second-order valence-corrected chi connectivity index (χ2v) is 5.78. The van der Waals surface area contributed by atoms with Crippen molar-refractivity contribution in [2.24, 2.45) is 0 Å². The zero-order valence-corrected chi connectivity index (χ0v) is 13.9. The third-order valence-corrected chi connectivity index (χ3v) is 3.32. The Morgan fingerprint density at radius 1 is 1.20 bits per heavy atom. The molecule has 0 amide bonds. The molecule has 1 rings (SSSR count). The predicted molar refractivity (Wildman–Crippen MR) is 86.3 cm³/mol. The van der Waals surface area contributed by atoms with Crippen molar-refractivity contribution in [3.05, 3.63) is 17.7 Å². The predicted octanol–water partition coefficient (Wildman–Crippen LogP) is 3.33. The summed E-state index contributed by atoms with van der Waals surface area (Å²) in [6.07, 6.45) is 3.13. The van der Waals surface area contributed by atoms with Crippen LogP contribution in [0.5, 0.6) is 0 Å². The van der Waals surface area contributed by atoms with Crippen LogP contribution >= 0.6 is 0 Å². The molecule has 0 aromatic carbocycles. The maximum atomic E-state index is 4.78. The van der Waals surface area contributed by atoms with Crippen LogP contribution in [-0.4, -0.2) is 29.1 Å². The highest BCUT2D eigenvalue weighted by atomic mass is 15.2. The smallest absolute Gasteiger partial charge is 0.131 e. The fourth-order valence-corrected chi connectivity index (χ4v) is 2.22. The molecule has 1 aromatic heterocycles. The maximum absolute atomic E-state index is 4.78. The first-order chi connectivity index (χ1) is 9.51. The van der Waals surface area contributed by atoms with E-state index in [9.17, 15) is 0 Å². The average Bonchev–Trinajstić information content (AvgIpc) is 2.42. The largest absolute Gasteiger partial charge is 0.366 e. The van der Waals surface area contributed by atoms with E-state index < -0.39 is 0 Å². The molecule has 1 aromatic rings. The van der Waals surface area contributed by atoms with Crippen molar-refractivity contribution in [3.8, 4) is 0 Å². The third-order valence-electron chi connectivity index (χ3n) is 3.32. The summed E-state index contributed by atoms with van der Waals surface area (Å²) in [5, 5.41) is 3.39. The first kappa shape index (κ1) is 16.9. The van der Waals surface area contributed by atoms with Crippen molar-refractivity contribution >= 4 is 5.69 Å². The van der Waals surface area contributed by atoms with Gasteiger partial charge in [-0.2, -0.15) is 0 Å². The van der Waals surface area contributed by atoms with Gasteiger partial charge in [0.15, 0.2) is 0 Å². The van der Waals surface area contributed by atoms with Crippen LogP contribution in [0.1, 0.15) is 65.4 Å². The quantitative estimate of drug-likeness (QED) is 0.792. The number of anilines is 1. The van der Waals surface area contributed by atoms with E-state index in [0.717, 1.165) is 37.6 Å². The summed E-state index contributed by atoms with van der Waals surface area (Å²) in [5.41, 5.74) is 2.29. The van der Waals surface area contributed by atoms with E-state index in [2.05, 4.69) is 56.7 Å². The van der Waals surface area contributed by atoms with E-state index in [1.54, 1.807) is 0 Å². The van der Waals surface area contributed by atoms with Gasteiger partial charge in [0.25, 0.3) is 0 Å². The Morgan fingerprint density at radius 3 is 2.40 bits per heavy atom. The van der Waals surface area contributed by atoms with E-state index in [1.807, 2.05) is 6.20 Å². The molecule has 0 aliphatic rings. The molecule has 0 saturated heterocycles. The molecular formula is C16H30N4. The second kappa shape index (κ2) is 8.20. The van der Waals surface area contributed by atoms with Crippen LogP contribution in [0.3, 0.4) is 0 Å². The number of rotatable bonds is 8. The summed E-state index contributed by atoms with van der Waals surface area (Å²) in [6, 6.07) is 0.462. The Bertz CT molecular complexity index is 401. The minimum Gasteiger partial charge on any atom is -0.366 e. The summed E-state index contributed by atoms with van der Waals surface area (Å²) in [6.45, 7) is 15.9. The molecule has 0 aliphatic heterocycles. The van der Waals surface area contributed by atoms with Gasteiger partial charge < -0.3 is 10.2 Å². The fourth-order valence-electron chi connectivity index (χ4n) is 2.22. The van der Waals surface area contributed by atoms with Crippen LogP contribution in [0.25, 0.3) is 0 Å². The third kappa shape index (κ3) is 4.44. The van der Waals surface area contributed by atoms with Crippen LogP contribution in [0.2, 0.25) is 0 Å². The van der Waals surface area contributed by atoms with Crippen LogP contribution in [-0.2, 0) is 6.54 Å². The number of hydrogen-bond acceptors (Lipinski definition) is 4. The van der Waals surface area contributed by atoms with Crippen LogP contribution in [0, 0.1) is 0 Å². The van der Waals surface area contributed by atoms with Gasteiger partial charge in [0.2, 0.25) is 0 Å². The minimum atomic E-state index is 0.364. The summed E-state index contributed by atoms with van der Waals surface area (Å²) < 4.78 is 0. The van der Waals surface area contributed by atoms with Crippen LogP contribution < -0.4 is 10.2 Å². The lowest BCUT2D eigenvalue weighted by Crippen LogP contribution is -2.33. The van der Waals surface area contributed by atoms with Gasteiger partial charge in [0, 0.05) is 25.0 Å². The highest BCUT2D eigenvalue weighted by Crippen LogP contribution is 2.22. The second-order valence-electron chi connectivity index (χ2n) is 5.78. The van der Waals surface area contributed by atoms with Crippen LogP contribution in [0.15, 0.2) is 6.20 Å². The molecule has 0 aliphatic carbocycles. The molecule has 0 unspecified atom stereocenters. The molecule has 1 heterocycles. The molecule has 114 valence electrons. The van der Waals surface area contributed by atoms with E-state index in [1.165, 1.54) is 5.69 Å². The van der Waals surface area contributed by atoms with E-state index >= 15 is 0 Å². The van der Waals surface area contributed by atoms with Gasteiger partial charge in [-0.3, -0.25) is 0 Å². The standard InChI is InChI=1S/C16H30N4/c1-7-9-20(13(5)6)15-11-18-16(12(3)4)19-14(15)10-17-8-2/h11-13,17H,7-10H2,1-6H3. The molecule has 0 fully saturated rings. The molecule has 0 atom stereocenters. The molecule has 20 heavy (non-hydrogen) atoms. The number of aromatic nitrogens is 2. The average molecular weight is 278 g/mol. The fraction of sp³-hybridized carbons (Fsp3) is 0.750. The van der Waals surface area contributed by atoms with Gasteiger partial charge >= 0.3 is 0 Å². The number of nitrogens with zero attached hydrogens (tertiary/aromatic N) is 3. The normalized spacial score (nSPS) is 11.4. The lowest BCUT2D eigenvalue weighted by Gasteiger charge is -2.30. The Balaban J connectivity index is 3.14. The Morgan fingerprint density at radius 2 is 1.90 bits per heavy atom. The van der Waals surface area contributed by atoms with Gasteiger partial charge in [-0.1, -0.05) is 27.7 Å².